The van der Waals surface area contributed by atoms with E-state index in [4.69, 9.17) is 0 Å². The Morgan fingerprint density at radius 1 is 1.20 bits per heavy atom. The molecule has 0 atom stereocenters. The van der Waals surface area contributed by atoms with Gasteiger partial charge in [-0.05, 0) is 25.0 Å². The predicted octanol–water partition coefficient (Wildman–Crippen LogP) is 2.45. The summed E-state index contributed by atoms with van der Waals surface area (Å²) in [6, 6.07) is 9.79. The first kappa shape index (κ1) is 12.7. The van der Waals surface area contributed by atoms with E-state index in [-0.39, 0.29) is 5.78 Å². The molecule has 0 fully saturated rings. The van der Waals surface area contributed by atoms with Crippen molar-refractivity contribution in [1.82, 2.24) is 14.7 Å². The van der Waals surface area contributed by atoms with Crippen LogP contribution < -0.4 is 0 Å². The molecule has 2 aromatic rings. The van der Waals surface area contributed by atoms with E-state index in [0.717, 1.165) is 29.7 Å². The van der Waals surface area contributed by atoms with E-state index in [1.807, 2.05) is 61.7 Å². The second-order valence-electron chi connectivity index (χ2n) is 5.21. The van der Waals surface area contributed by atoms with Gasteiger partial charge in [-0.2, -0.15) is 5.10 Å². The van der Waals surface area contributed by atoms with E-state index in [0.29, 0.717) is 5.69 Å². The molecule has 0 spiro atoms. The Balaban J connectivity index is 2.08. The van der Waals surface area contributed by atoms with E-state index >= 15 is 0 Å². The number of fused-ring (bicyclic) bond motifs is 1. The Kier molecular flexibility index (Phi) is 3.14. The van der Waals surface area contributed by atoms with Crippen LogP contribution in [-0.2, 0) is 6.42 Å². The molecule has 1 aliphatic rings. The highest BCUT2D eigenvalue weighted by Gasteiger charge is 2.27. The number of para-hydroxylation sites is 1. The molecule has 4 nitrogen and oxygen atoms in total. The molecule has 0 saturated carbocycles. The summed E-state index contributed by atoms with van der Waals surface area (Å²) >= 11 is 0. The van der Waals surface area contributed by atoms with Crippen molar-refractivity contribution in [3.8, 4) is 5.69 Å². The van der Waals surface area contributed by atoms with Crippen LogP contribution in [-0.4, -0.2) is 34.6 Å². The quantitative estimate of drug-likeness (QED) is 0.784. The SMILES string of the molecule is CN(C)C=C1CCc2cnn(-c3ccccc3)c2C1=O. The van der Waals surface area contributed by atoms with E-state index in [9.17, 15) is 4.79 Å². The van der Waals surface area contributed by atoms with Crippen LogP contribution in [0.3, 0.4) is 0 Å². The lowest BCUT2D eigenvalue weighted by atomic mass is 9.92. The number of allylic oxidation sites excluding steroid dienone is 1. The maximum absolute atomic E-state index is 12.7. The molecule has 0 radical (unpaired) electrons. The third kappa shape index (κ3) is 2.13. The highest BCUT2D eigenvalue weighted by molar-refractivity contribution is 6.09. The molecular weight excluding hydrogens is 250 g/mol. The molecule has 0 N–H and O–H groups in total. The van der Waals surface area contributed by atoms with Crippen molar-refractivity contribution in [1.29, 1.82) is 0 Å². The number of hydrogen-bond acceptors (Lipinski definition) is 3. The number of benzene rings is 1. The lowest BCUT2D eigenvalue weighted by Crippen LogP contribution is -2.19. The van der Waals surface area contributed by atoms with Gasteiger partial charge in [-0.1, -0.05) is 18.2 Å². The molecule has 1 heterocycles. The van der Waals surface area contributed by atoms with Crippen LogP contribution in [0.2, 0.25) is 0 Å². The van der Waals surface area contributed by atoms with Gasteiger partial charge in [-0.15, -0.1) is 0 Å². The molecule has 0 amide bonds. The fourth-order valence-corrected chi connectivity index (χ4v) is 2.54. The molecule has 1 aromatic heterocycles. The van der Waals surface area contributed by atoms with E-state index in [2.05, 4.69) is 5.10 Å². The molecule has 0 aliphatic heterocycles. The second-order valence-corrected chi connectivity index (χ2v) is 5.21. The van der Waals surface area contributed by atoms with E-state index < -0.39 is 0 Å². The topological polar surface area (TPSA) is 38.1 Å². The van der Waals surface area contributed by atoms with Crippen molar-refractivity contribution in [2.24, 2.45) is 0 Å². The Morgan fingerprint density at radius 3 is 2.65 bits per heavy atom. The van der Waals surface area contributed by atoms with Gasteiger partial charge < -0.3 is 4.90 Å². The summed E-state index contributed by atoms with van der Waals surface area (Å²) in [7, 11) is 3.87. The molecule has 4 heteroatoms. The second kappa shape index (κ2) is 4.96. The van der Waals surface area contributed by atoms with Gasteiger partial charge in [-0.25, -0.2) is 4.68 Å². The number of rotatable bonds is 2. The predicted molar refractivity (Wildman–Crippen MR) is 78.0 cm³/mol. The van der Waals surface area contributed by atoms with Gasteiger partial charge in [0.25, 0.3) is 0 Å². The van der Waals surface area contributed by atoms with E-state index in [1.54, 1.807) is 4.68 Å². The maximum Gasteiger partial charge on any atom is 0.209 e. The highest BCUT2D eigenvalue weighted by atomic mass is 16.1. The summed E-state index contributed by atoms with van der Waals surface area (Å²) in [5.41, 5.74) is 3.51. The van der Waals surface area contributed by atoms with Crippen LogP contribution in [0.25, 0.3) is 5.69 Å². The van der Waals surface area contributed by atoms with Crippen molar-refractivity contribution in [3.05, 3.63) is 59.6 Å². The molecule has 102 valence electrons. The molecule has 3 rings (SSSR count). The van der Waals surface area contributed by atoms with Crippen LogP contribution >= 0.6 is 0 Å². The maximum atomic E-state index is 12.7. The summed E-state index contributed by atoms with van der Waals surface area (Å²) in [5.74, 6) is 0.0845. The lowest BCUT2D eigenvalue weighted by Gasteiger charge is -2.17. The van der Waals surface area contributed by atoms with Crippen LogP contribution in [0.1, 0.15) is 22.5 Å². The molecule has 0 saturated heterocycles. The van der Waals surface area contributed by atoms with Gasteiger partial charge in [-0.3, -0.25) is 4.79 Å². The fraction of sp³-hybridized carbons (Fsp3) is 0.250. The third-order valence-corrected chi connectivity index (χ3v) is 3.43. The normalized spacial score (nSPS) is 16.3. The standard InChI is InChI=1S/C16H17N3O/c1-18(2)11-13-9-8-12-10-17-19(15(12)16(13)20)14-6-4-3-5-7-14/h3-7,10-11H,8-9H2,1-2H3. The molecule has 0 bridgehead atoms. The number of carbonyl (C=O) groups is 1. The minimum Gasteiger partial charge on any atom is -0.383 e. The fourth-order valence-electron chi connectivity index (χ4n) is 2.54. The van der Waals surface area contributed by atoms with Crippen molar-refractivity contribution >= 4 is 5.78 Å². The van der Waals surface area contributed by atoms with Crippen molar-refractivity contribution in [2.45, 2.75) is 12.8 Å². The number of ketones is 1. The van der Waals surface area contributed by atoms with Crippen LogP contribution in [0.4, 0.5) is 0 Å². The minimum absolute atomic E-state index is 0.0845. The first-order valence-electron chi connectivity index (χ1n) is 6.71. The lowest BCUT2D eigenvalue weighted by molar-refractivity contribution is 0.101. The molecule has 1 aliphatic carbocycles. The average Bonchev–Trinajstić information content (AvgIpc) is 2.87. The molecule has 20 heavy (non-hydrogen) atoms. The summed E-state index contributed by atoms with van der Waals surface area (Å²) in [6.07, 6.45) is 5.37. The van der Waals surface area contributed by atoms with Crippen molar-refractivity contribution in [2.75, 3.05) is 14.1 Å². The summed E-state index contributed by atoms with van der Waals surface area (Å²) in [4.78, 5) is 14.6. The smallest absolute Gasteiger partial charge is 0.209 e. The van der Waals surface area contributed by atoms with Crippen LogP contribution in [0.15, 0.2) is 48.3 Å². The largest absolute Gasteiger partial charge is 0.383 e. The monoisotopic (exact) mass is 267 g/mol. The molecular formula is C16H17N3O. The van der Waals surface area contributed by atoms with E-state index in [1.165, 1.54) is 0 Å². The van der Waals surface area contributed by atoms with Gasteiger partial charge in [0.15, 0.2) is 0 Å². The summed E-state index contributed by atoms with van der Waals surface area (Å²) in [6.45, 7) is 0. The number of carbonyl (C=O) groups excluding carboxylic acids is 1. The number of hydrogen-bond donors (Lipinski definition) is 0. The van der Waals surface area contributed by atoms with Gasteiger partial charge >= 0.3 is 0 Å². The Labute approximate surface area is 118 Å². The Hall–Kier alpha value is -2.36. The zero-order valence-corrected chi connectivity index (χ0v) is 11.7. The third-order valence-electron chi connectivity index (χ3n) is 3.43. The Morgan fingerprint density at radius 2 is 1.95 bits per heavy atom. The van der Waals surface area contributed by atoms with Gasteiger partial charge in [0, 0.05) is 31.4 Å². The highest BCUT2D eigenvalue weighted by Crippen LogP contribution is 2.27. The molecule has 1 aromatic carbocycles. The molecule has 0 unspecified atom stereocenters. The first-order chi connectivity index (χ1) is 9.66. The number of Topliss-reactive ketones (excluding diaryl/α,β-unsaturated/α-hetero) is 1. The van der Waals surface area contributed by atoms with Gasteiger partial charge in [0.05, 0.1) is 11.9 Å². The first-order valence-corrected chi connectivity index (χ1v) is 6.71. The number of aromatic nitrogens is 2. The number of nitrogens with zero attached hydrogens (tertiary/aromatic N) is 3. The summed E-state index contributed by atoms with van der Waals surface area (Å²) < 4.78 is 1.75. The zero-order valence-electron chi connectivity index (χ0n) is 11.7. The van der Waals surface area contributed by atoms with Crippen LogP contribution in [0, 0.1) is 0 Å². The van der Waals surface area contributed by atoms with Crippen LogP contribution in [0.5, 0.6) is 0 Å². The minimum atomic E-state index is 0.0845. The van der Waals surface area contributed by atoms with Gasteiger partial charge in [0.2, 0.25) is 5.78 Å². The summed E-state index contributed by atoms with van der Waals surface area (Å²) in [5, 5.41) is 4.39. The zero-order chi connectivity index (χ0) is 14.1. The van der Waals surface area contributed by atoms with Gasteiger partial charge in [0.1, 0.15) is 5.69 Å². The Bertz CT molecular complexity index is 668. The number of aryl methyl sites for hydroxylation is 1. The average molecular weight is 267 g/mol. The van der Waals surface area contributed by atoms with Crippen molar-refractivity contribution < 1.29 is 4.79 Å². The van der Waals surface area contributed by atoms with Crippen molar-refractivity contribution in [3.63, 3.8) is 0 Å².